The summed E-state index contributed by atoms with van der Waals surface area (Å²) in [5.41, 5.74) is 19.3. The molecule has 1 nitrogen and oxygen atoms in total. The van der Waals surface area contributed by atoms with Crippen molar-refractivity contribution in [3.05, 3.63) is 186 Å². The summed E-state index contributed by atoms with van der Waals surface area (Å²) in [6, 6.07) is 58.7. The van der Waals surface area contributed by atoms with Crippen LogP contribution in [0, 0.1) is 0 Å². The van der Waals surface area contributed by atoms with E-state index in [1.165, 1.54) is 88.7 Å². The predicted octanol–water partition coefficient (Wildman–Crippen LogP) is 11.6. The summed E-state index contributed by atoms with van der Waals surface area (Å²) < 4.78 is 2.44. The van der Waals surface area contributed by atoms with E-state index in [1.54, 1.807) is 0 Å². The average Bonchev–Trinajstić information content (AvgIpc) is 3.63. The molecule has 0 spiro atoms. The molecule has 0 saturated heterocycles. The molecule has 0 aliphatic heterocycles. The Kier molecular flexibility index (Phi) is 5.90. The monoisotopic (exact) mass is 599 g/mol. The summed E-state index contributed by atoms with van der Waals surface area (Å²) >= 11 is 0. The highest BCUT2D eigenvalue weighted by molar-refractivity contribution is 6.13. The highest BCUT2D eigenvalue weighted by atomic mass is 15.0. The molecule has 10 rings (SSSR count). The second kappa shape index (κ2) is 10.4. The minimum Gasteiger partial charge on any atom is -0.309 e. The third-order valence-electron chi connectivity index (χ3n) is 10.7. The van der Waals surface area contributed by atoms with Crippen LogP contribution in [0.25, 0.3) is 60.9 Å². The lowest BCUT2D eigenvalue weighted by Crippen LogP contribution is -2.07. The first kappa shape index (κ1) is 26.5. The van der Waals surface area contributed by atoms with Crippen LogP contribution >= 0.6 is 0 Å². The second-order valence-electron chi connectivity index (χ2n) is 13.2. The lowest BCUT2D eigenvalue weighted by Gasteiger charge is -2.19. The molecule has 0 amide bonds. The van der Waals surface area contributed by atoms with Crippen LogP contribution in [0.3, 0.4) is 0 Å². The van der Waals surface area contributed by atoms with Crippen molar-refractivity contribution in [2.24, 2.45) is 0 Å². The number of hydrogen-bond acceptors (Lipinski definition) is 0. The van der Waals surface area contributed by atoms with Crippen LogP contribution in [0.2, 0.25) is 0 Å². The topological polar surface area (TPSA) is 4.93 Å². The highest BCUT2D eigenvalue weighted by Crippen LogP contribution is 2.46. The zero-order chi connectivity index (χ0) is 30.9. The number of fused-ring (bicyclic) bond motifs is 10. The summed E-state index contributed by atoms with van der Waals surface area (Å²) in [6.45, 7) is 0. The SMILES string of the molecule is c1ccc(-n2c3ccccc3c3cccc(-c4ccc(C5Cc6ccccc6-c6ccc7c(c6C5)Cc5ccccc5-7)cc4)c32)cc1. The molecule has 8 aromatic rings. The first-order chi connectivity index (χ1) is 23.3. The van der Waals surface area contributed by atoms with Gasteiger partial charge in [0.15, 0.2) is 0 Å². The second-order valence-corrected chi connectivity index (χ2v) is 13.2. The largest absolute Gasteiger partial charge is 0.309 e. The molecule has 1 heterocycles. The maximum Gasteiger partial charge on any atom is 0.0619 e. The van der Waals surface area contributed by atoms with Crippen LogP contribution in [-0.4, -0.2) is 4.57 Å². The quantitative estimate of drug-likeness (QED) is 0.190. The van der Waals surface area contributed by atoms with Crippen molar-refractivity contribution in [3.8, 4) is 39.1 Å². The van der Waals surface area contributed by atoms with Gasteiger partial charge in [0.25, 0.3) is 0 Å². The van der Waals surface area contributed by atoms with Gasteiger partial charge in [-0.1, -0.05) is 140 Å². The maximum atomic E-state index is 2.44. The van der Waals surface area contributed by atoms with Crippen molar-refractivity contribution < 1.29 is 0 Å². The number of aromatic nitrogens is 1. The van der Waals surface area contributed by atoms with Crippen molar-refractivity contribution in [1.29, 1.82) is 0 Å². The first-order valence-electron chi connectivity index (χ1n) is 16.8. The number of rotatable bonds is 3. The Morgan fingerprint density at radius 3 is 1.89 bits per heavy atom. The van der Waals surface area contributed by atoms with Gasteiger partial charge in [-0.15, -0.1) is 0 Å². The Hall–Kier alpha value is -5.66. The van der Waals surface area contributed by atoms with Crippen molar-refractivity contribution >= 4 is 21.8 Å². The van der Waals surface area contributed by atoms with Gasteiger partial charge < -0.3 is 4.57 Å². The molecule has 2 aliphatic carbocycles. The smallest absolute Gasteiger partial charge is 0.0619 e. The molecule has 0 fully saturated rings. The zero-order valence-electron chi connectivity index (χ0n) is 26.2. The van der Waals surface area contributed by atoms with Crippen molar-refractivity contribution in [2.45, 2.75) is 25.2 Å². The molecular weight excluding hydrogens is 567 g/mol. The zero-order valence-corrected chi connectivity index (χ0v) is 26.2. The Balaban J connectivity index is 1.09. The van der Waals surface area contributed by atoms with Crippen molar-refractivity contribution in [3.63, 3.8) is 0 Å². The number of benzene rings is 7. The van der Waals surface area contributed by atoms with E-state index in [9.17, 15) is 0 Å². The van der Waals surface area contributed by atoms with E-state index in [2.05, 4.69) is 162 Å². The molecule has 0 bridgehead atoms. The molecule has 0 saturated carbocycles. The Morgan fingerprint density at radius 1 is 0.426 bits per heavy atom. The lowest BCUT2D eigenvalue weighted by atomic mass is 9.85. The minimum absolute atomic E-state index is 0.410. The maximum absolute atomic E-state index is 2.44. The van der Waals surface area contributed by atoms with Gasteiger partial charge in [0.1, 0.15) is 0 Å². The molecule has 0 N–H and O–H groups in total. The Labute approximate surface area is 275 Å². The molecule has 1 heteroatoms. The van der Waals surface area contributed by atoms with Crippen LogP contribution < -0.4 is 0 Å². The Morgan fingerprint density at radius 2 is 1.06 bits per heavy atom. The van der Waals surface area contributed by atoms with Crippen LogP contribution in [-0.2, 0) is 19.3 Å². The minimum atomic E-state index is 0.410. The van der Waals surface area contributed by atoms with Crippen molar-refractivity contribution in [1.82, 2.24) is 4.57 Å². The van der Waals surface area contributed by atoms with E-state index >= 15 is 0 Å². The number of hydrogen-bond donors (Lipinski definition) is 0. The van der Waals surface area contributed by atoms with Gasteiger partial charge in [0, 0.05) is 22.0 Å². The third kappa shape index (κ3) is 4.09. The van der Waals surface area contributed by atoms with E-state index < -0.39 is 0 Å². The standard InChI is InChI=1S/C46H33N/c1-2-13-35(14-3-1)47-45-20-9-8-17-41(45)42-19-10-18-38(46(42)47)31-23-21-30(22-24-31)34-27-32-11-4-6-15-36(32)39-25-26-40-37-16-7-5-12-33(37)28-43(40)44(39)29-34/h1-26,34H,27-29H2. The van der Waals surface area contributed by atoms with Gasteiger partial charge >= 0.3 is 0 Å². The average molecular weight is 600 g/mol. The van der Waals surface area contributed by atoms with Crippen LogP contribution in [0.5, 0.6) is 0 Å². The lowest BCUT2D eigenvalue weighted by molar-refractivity contribution is 0.686. The van der Waals surface area contributed by atoms with Crippen LogP contribution in [0.1, 0.15) is 33.7 Å². The fourth-order valence-electron chi connectivity index (χ4n) is 8.57. The predicted molar refractivity (Wildman–Crippen MR) is 196 cm³/mol. The number of para-hydroxylation sites is 3. The number of nitrogens with zero attached hydrogens (tertiary/aromatic N) is 1. The highest BCUT2D eigenvalue weighted by Gasteiger charge is 2.29. The third-order valence-corrected chi connectivity index (χ3v) is 10.7. The van der Waals surface area contributed by atoms with Crippen LogP contribution in [0.4, 0.5) is 0 Å². The van der Waals surface area contributed by atoms with E-state index in [0.29, 0.717) is 5.92 Å². The molecule has 1 unspecified atom stereocenters. The van der Waals surface area contributed by atoms with Crippen LogP contribution in [0.15, 0.2) is 158 Å². The van der Waals surface area contributed by atoms with Gasteiger partial charge in [-0.3, -0.25) is 0 Å². The normalized spacial score (nSPS) is 14.8. The Bertz CT molecular complexity index is 2480. The van der Waals surface area contributed by atoms with E-state index in [0.717, 1.165) is 19.3 Å². The van der Waals surface area contributed by atoms with E-state index in [1.807, 2.05) is 0 Å². The van der Waals surface area contributed by atoms with E-state index in [-0.39, 0.29) is 0 Å². The molecule has 7 aromatic carbocycles. The first-order valence-corrected chi connectivity index (χ1v) is 16.8. The summed E-state index contributed by atoms with van der Waals surface area (Å²) in [7, 11) is 0. The van der Waals surface area contributed by atoms with Gasteiger partial charge in [-0.25, -0.2) is 0 Å². The molecule has 1 atom stereocenters. The fourth-order valence-corrected chi connectivity index (χ4v) is 8.57. The van der Waals surface area contributed by atoms with Gasteiger partial charge in [-0.05, 0) is 99.0 Å². The molecule has 222 valence electrons. The summed E-state index contributed by atoms with van der Waals surface area (Å²) in [4.78, 5) is 0. The summed E-state index contributed by atoms with van der Waals surface area (Å²) in [5, 5.41) is 2.58. The summed E-state index contributed by atoms with van der Waals surface area (Å²) in [6.07, 6.45) is 3.13. The van der Waals surface area contributed by atoms with E-state index in [4.69, 9.17) is 0 Å². The van der Waals surface area contributed by atoms with Crippen molar-refractivity contribution in [2.75, 3.05) is 0 Å². The van der Waals surface area contributed by atoms with Gasteiger partial charge in [-0.2, -0.15) is 0 Å². The fraction of sp³-hybridized carbons (Fsp3) is 0.0870. The molecule has 0 radical (unpaired) electrons. The van der Waals surface area contributed by atoms with Gasteiger partial charge in [0.2, 0.25) is 0 Å². The van der Waals surface area contributed by atoms with Gasteiger partial charge in [0.05, 0.1) is 11.0 Å². The molecule has 1 aromatic heterocycles. The summed E-state index contributed by atoms with van der Waals surface area (Å²) in [5.74, 6) is 0.410. The molecule has 47 heavy (non-hydrogen) atoms. The molecular formula is C46H33N. The molecule has 2 aliphatic rings.